The van der Waals surface area contributed by atoms with Crippen molar-refractivity contribution < 1.29 is 9.90 Å². The maximum absolute atomic E-state index is 11.1. The number of rotatable bonds is 2. The van der Waals surface area contributed by atoms with E-state index in [4.69, 9.17) is 5.11 Å². The molecule has 0 amide bonds. The minimum atomic E-state index is -0.671. The number of likely N-dealkylation sites (tertiary alicyclic amines) is 1. The van der Waals surface area contributed by atoms with Crippen molar-refractivity contribution in [3.63, 3.8) is 0 Å². The Hall–Kier alpha value is -0.870. The smallest absolute Gasteiger partial charge is 0.308 e. The van der Waals surface area contributed by atoms with Crippen LogP contribution in [-0.2, 0) is 4.79 Å². The number of thiophene rings is 1. The van der Waals surface area contributed by atoms with E-state index in [1.54, 1.807) is 11.3 Å². The zero-order chi connectivity index (χ0) is 11.0. The molecule has 1 N–H and O–H groups in total. The second-order valence-corrected chi connectivity index (χ2v) is 5.43. The van der Waals surface area contributed by atoms with E-state index < -0.39 is 5.97 Å². The third-order valence-electron chi connectivity index (χ3n) is 3.02. The zero-order valence-electron chi connectivity index (χ0n) is 8.93. The maximum Gasteiger partial charge on any atom is 0.308 e. The second-order valence-electron chi connectivity index (χ2n) is 4.11. The average molecular weight is 225 g/mol. The molecule has 3 nitrogen and oxygen atoms in total. The molecule has 0 spiro atoms. The molecule has 0 unspecified atom stereocenters. The topological polar surface area (TPSA) is 40.5 Å². The maximum atomic E-state index is 11.1. The van der Waals surface area contributed by atoms with Crippen molar-refractivity contribution in [3.8, 4) is 0 Å². The fraction of sp³-hybridized carbons (Fsp3) is 0.545. The Balaban J connectivity index is 2.28. The lowest BCUT2D eigenvalue weighted by Crippen LogP contribution is -2.24. The largest absolute Gasteiger partial charge is 0.481 e. The van der Waals surface area contributed by atoms with Crippen LogP contribution < -0.4 is 0 Å². The van der Waals surface area contributed by atoms with Crippen LogP contribution in [0.5, 0.6) is 0 Å². The van der Waals surface area contributed by atoms with Gasteiger partial charge in [-0.1, -0.05) is 0 Å². The summed E-state index contributed by atoms with van der Waals surface area (Å²) in [5.41, 5.74) is 0. The Kier molecular flexibility index (Phi) is 2.80. The predicted octanol–water partition coefficient (Wildman–Crippen LogP) is 2.13. The summed E-state index contributed by atoms with van der Waals surface area (Å²) < 4.78 is 0. The van der Waals surface area contributed by atoms with Crippen molar-refractivity contribution in [2.45, 2.75) is 19.4 Å². The van der Waals surface area contributed by atoms with E-state index in [0.29, 0.717) is 0 Å². The highest BCUT2D eigenvalue weighted by atomic mass is 32.1. The summed E-state index contributed by atoms with van der Waals surface area (Å²) in [5.74, 6) is -0.913. The van der Waals surface area contributed by atoms with Crippen molar-refractivity contribution in [2.75, 3.05) is 13.6 Å². The Labute approximate surface area is 93.3 Å². The summed E-state index contributed by atoms with van der Waals surface area (Å²) in [4.78, 5) is 15.7. The van der Waals surface area contributed by atoms with Crippen molar-refractivity contribution in [3.05, 3.63) is 21.9 Å². The predicted molar refractivity (Wildman–Crippen MR) is 60.2 cm³/mol. The molecule has 2 atom stereocenters. The molecule has 2 heterocycles. The van der Waals surface area contributed by atoms with Crippen molar-refractivity contribution in [1.82, 2.24) is 4.90 Å². The van der Waals surface area contributed by atoms with Gasteiger partial charge in [-0.15, -0.1) is 11.3 Å². The average Bonchev–Trinajstić information content (AvgIpc) is 2.71. The van der Waals surface area contributed by atoms with Crippen LogP contribution in [-0.4, -0.2) is 29.6 Å². The van der Waals surface area contributed by atoms with Gasteiger partial charge in [0.15, 0.2) is 0 Å². The van der Waals surface area contributed by atoms with Gasteiger partial charge in [-0.05, 0) is 39.1 Å². The van der Waals surface area contributed by atoms with Gasteiger partial charge in [0.05, 0.1) is 12.0 Å². The number of nitrogens with zero attached hydrogens (tertiary/aromatic N) is 1. The first-order chi connectivity index (χ1) is 7.09. The molecule has 15 heavy (non-hydrogen) atoms. The lowest BCUT2D eigenvalue weighted by Gasteiger charge is -2.21. The van der Waals surface area contributed by atoms with Gasteiger partial charge in [-0.3, -0.25) is 9.69 Å². The molecule has 0 aromatic carbocycles. The Morgan fingerprint density at radius 1 is 1.60 bits per heavy atom. The first-order valence-electron chi connectivity index (χ1n) is 5.09. The number of carbonyl (C=O) groups is 1. The molecule has 0 radical (unpaired) electrons. The summed E-state index contributed by atoms with van der Waals surface area (Å²) in [5, 5.41) is 9.15. The molecule has 1 fully saturated rings. The molecule has 0 bridgehead atoms. The molecule has 0 aliphatic carbocycles. The van der Waals surface area contributed by atoms with E-state index in [1.165, 1.54) is 9.75 Å². The van der Waals surface area contributed by atoms with E-state index >= 15 is 0 Å². The second kappa shape index (κ2) is 3.94. The van der Waals surface area contributed by atoms with Crippen molar-refractivity contribution in [1.29, 1.82) is 0 Å². The standard InChI is InChI=1S/C11H15NO2S/c1-7-3-4-9(15-7)10-8(11(13)14)5-6-12(10)2/h3-4,8,10H,5-6H2,1-2H3,(H,13,14)/t8-,10-/m0/s1. The van der Waals surface area contributed by atoms with Gasteiger partial charge in [0.25, 0.3) is 0 Å². The van der Waals surface area contributed by atoms with Gasteiger partial charge in [0.1, 0.15) is 0 Å². The van der Waals surface area contributed by atoms with Crippen LogP contribution in [0.1, 0.15) is 22.2 Å². The van der Waals surface area contributed by atoms with Gasteiger partial charge < -0.3 is 5.11 Å². The van der Waals surface area contributed by atoms with Gasteiger partial charge in [0.2, 0.25) is 0 Å². The first kappa shape index (κ1) is 10.6. The van der Waals surface area contributed by atoms with E-state index in [0.717, 1.165) is 13.0 Å². The SMILES string of the molecule is Cc1ccc([C@@H]2[C@@H](C(=O)O)CCN2C)s1. The van der Waals surface area contributed by atoms with E-state index in [-0.39, 0.29) is 12.0 Å². The Morgan fingerprint density at radius 2 is 2.33 bits per heavy atom. The third-order valence-corrected chi connectivity index (χ3v) is 4.09. The first-order valence-corrected chi connectivity index (χ1v) is 5.90. The number of hydrogen-bond acceptors (Lipinski definition) is 3. The van der Waals surface area contributed by atoms with Crippen molar-refractivity contribution in [2.24, 2.45) is 5.92 Å². The fourth-order valence-electron chi connectivity index (χ4n) is 2.23. The van der Waals surface area contributed by atoms with Gasteiger partial charge in [-0.2, -0.15) is 0 Å². The quantitative estimate of drug-likeness (QED) is 0.838. The molecule has 82 valence electrons. The third kappa shape index (κ3) is 1.92. The van der Waals surface area contributed by atoms with Gasteiger partial charge >= 0.3 is 5.97 Å². The number of carboxylic acids is 1. The fourth-order valence-corrected chi connectivity index (χ4v) is 3.34. The number of aliphatic carboxylic acids is 1. The highest BCUT2D eigenvalue weighted by molar-refractivity contribution is 7.12. The van der Waals surface area contributed by atoms with Gasteiger partial charge in [-0.25, -0.2) is 0 Å². The molecule has 4 heteroatoms. The van der Waals surface area contributed by atoms with Crippen LogP contribution in [0.4, 0.5) is 0 Å². The highest BCUT2D eigenvalue weighted by Crippen LogP contribution is 2.39. The van der Waals surface area contributed by atoms with Crippen molar-refractivity contribution >= 4 is 17.3 Å². The summed E-state index contributed by atoms with van der Waals surface area (Å²) >= 11 is 1.70. The zero-order valence-corrected chi connectivity index (χ0v) is 9.75. The van der Waals surface area contributed by atoms with Crippen LogP contribution >= 0.6 is 11.3 Å². The Bertz CT molecular complexity index is 374. The minimum Gasteiger partial charge on any atom is -0.481 e. The van der Waals surface area contributed by atoms with E-state index in [1.807, 2.05) is 7.05 Å². The van der Waals surface area contributed by atoms with Crippen LogP contribution in [0, 0.1) is 12.8 Å². The van der Waals surface area contributed by atoms with E-state index in [2.05, 4.69) is 24.0 Å². The van der Waals surface area contributed by atoms with Crippen LogP contribution in [0.15, 0.2) is 12.1 Å². The number of aryl methyl sites for hydroxylation is 1. The molecule has 1 saturated heterocycles. The lowest BCUT2D eigenvalue weighted by molar-refractivity contribution is -0.142. The minimum absolute atomic E-state index is 0.0706. The lowest BCUT2D eigenvalue weighted by atomic mass is 9.99. The summed E-state index contributed by atoms with van der Waals surface area (Å²) in [7, 11) is 2.00. The van der Waals surface area contributed by atoms with E-state index in [9.17, 15) is 4.79 Å². The number of carboxylic acid groups (broad SMARTS) is 1. The van der Waals surface area contributed by atoms with Gasteiger partial charge in [0, 0.05) is 9.75 Å². The monoisotopic (exact) mass is 225 g/mol. The molecule has 1 aromatic heterocycles. The van der Waals surface area contributed by atoms with Crippen LogP contribution in [0.3, 0.4) is 0 Å². The molecular formula is C11H15NO2S. The van der Waals surface area contributed by atoms with Crippen LogP contribution in [0.25, 0.3) is 0 Å². The summed E-state index contributed by atoms with van der Waals surface area (Å²) in [6.07, 6.45) is 0.757. The molecule has 1 aliphatic heterocycles. The summed E-state index contributed by atoms with van der Waals surface area (Å²) in [6, 6.07) is 4.19. The normalized spacial score (nSPS) is 27.1. The highest BCUT2D eigenvalue weighted by Gasteiger charge is 2.38. The summed E-state index contributed by atoms with van der Waals surface area (Å²) in [6.45, 7) is 2.93. The molecular weight excluding hydrogens is 210 g/mol. The Morgan fingerprint density at radius 3 is 2.87 bits per heavy atom. The molecule has 1 aliphatic rings. The van der Waals surface area contributed by atoms with Crippen LogP contribution in [0.2, 0.25) is 0 Å². The molecule has 1 aromatic rings. The molecule has 0 saturated carbocycles. The molecule has 2 rings (SSSR count). The number of hydrogen-bond donors (Lipinski definition) is 1.